The third-order valence-corrected chi connectivity index (χ3v) is 5.40. The highest BCUT2D eigenvalue weighted by atomic mass is 35.5. The van der Waals surface area contributed by atoms with Crippen molar-refractivity contribution in [3.63, 3.8) is 0 Å². The number of nitrogens with one attached hydrogen (secondary N) is 1. The van der Waals surface area contributed by atoms with Gasteiger partial charge in [0, 0.05) is 16.8 Å². The molecular weight excluding hydrogens is 367 g/mol. The van der Waals surface area contributed by atoms with Crippen molar-refractivity contribution in [3.05, 3.63) is 93.5 Å². The van der Waals surface area contributed by atoms with E-state index in [9.17, 15) is 4.79 Å². The zero-order valence-electron chi connectivity index (χ0n) is 14.0. The molecule has 0 fully saturated rings. The molecule has 1 aliphatic heterocycles. The normalized spacial score (nSPS) is 15.9. The fraction of sp³-hybridized carbons (Fsp3) is 0.0952. The minimum absolute atomic E-state index is 0.0365. The van der Waals surface area contributed by atoms with Crippen LogP contribution in [0.3, 0.4) is 0 Å². The van der Waals surface area contributed by atoms with Gasteiger partial charge in [-0.15, -0.1) is 0 Å². The van der Waals surface area contributed by atoms with E-state index in [1.807, 2.05) is 67.6 Å². The third kappa shape index (κ3) is 2.74. The van der Waals surface area contributed by atoms with E-state index in [0.29, 0.717) is 21.3 Å². The van der Waals surface area contributed by atoms with Gasteiger partial charge in [-0.1, -0.05) is 65.7 Å². The van der Waals surface area contributed by atoms with E-state index in [2.05, 4.69) is 5.32 Å². The number of hydrogen-bond donors (Lipinski definition) is 1. The van der Waals surface area contributed by atoms with Crippen LogP contribution < -0.4 is 10.2 Å². The Kier molecular flexibility index (Phi) is 4.35. The van der Waals surface area contributed by atoms with Gasteiger partial charge in [0.15, 0.2) is 0 Å². The van der Waals surface area contributed by atoms with Crippen LogP contribution in [0.25, 0.3) is 0 Å². The number of halogens is 2. The number of amides is 1. The Labute approximate surface area is 162 Å². The van der Waals surface area contributed by atoms with Crippen LogP contribution in [-0.2, 0) is 0 Å². The molecule has 3 aromatic carbocycles. The van der Waals surface area contributed by atoms with Crippen molar-refractivity contribution in [2.75, 3.05) is 10.2 Å². The van der Waals surface area contributed by atoms with E-state index in [0.717, 1.165) is 16.8 Å². The number of nitrogens with zero attached hydrogens (tertiary/aromatic N) is 1. The first kappa shape index (κ1) is 17.0. The summed E-state index contributed by atoms with van der Waals surface area (Å²) in [6.07, 6.45) is -0.365. The van der Waals surface area contributed by atoms with Gasteiger partial charge in [0.1, 0.15) is 6.17 Å². The van der Waals surface area contributed by atoms with Crippen molar-refractivity contribution in [3.8, 4) is 0 Å². The van der Waals surface area contributed by atoms with Gasteiger partial charge < -0.3 is 5.32 Å². The van der Waals surface area contributed by atoms with Crippen molar-refractivity contribution < 1.29 is 4.79 Å². The number of para-hydroxylation sites is 1. The van der Waals surface area contributed by atoms with E-state index < -0.39 is 0 Å². The summed E-state index contributed by atoms with van der Waals surface area (Å²) in [5, 5.41) is 4.31. The monoisotopic (exact) mass is 382 g/mol. The van der Waals surface area contributed by atoms with Crippen molar-refractivity contribution in [2.24, 2.45) is 0 Å². The molecule has 1 N–H and O–H groups in total. The average Bonchev–Trinajstić information content (AvgIpc) is 2.92. The van der Waals surface area contributed by atoms with E-state index in [-0.39, 0.29) is 12.1 Å². The molecule has 0 aromatic heterocycles. The number of carbonyl (C=O) groups is 1. The van der Waals surface area contributed by atoms with Gasteiger partial charge in [0.25, 0.3) is 5.91 Å². The highest BCUT2D eigenvalue weighted by molar-refractivity contribution is 6.43. The number of benzene rings is 3. The van der Waals surface area contributed by atoms with Crippen LogP contribution in [-0.4, -0.2) is 5.91 Å². The van der Waals surface area contributed by atoms with Gasteiger partial charge in [0.05, 0.1) is 15.7 Å². The standard InChI is InChI=1S/C21H16Cl2N2O/c1-13-7-2-5-12-18(13)25-20(14-8-3-4-9-15(14)21(25)26)24-17-11-6-10-16(22)19(17)23/h2-12,20,24H,1H3/t20-/m1/s1. The number of hydrogen-bond acceptors (Lipinski definition) is 2. The van der Waals surface area contributed by atoms with Crippen LogP contribution in [0.5, 0.6) is 0 Å². The van der Waals surface area contributed by atoms with Gasteiger partial charge in [-0.05, 0) is 36.8 Å². The summed E-state index contributed by atoms with van der Waals surface area (Å²) in [4.78, 5) is 14.9. The molecule has 0 saturated heterocycles. The Hall–Kier alpha value is -2.49. The molecular formula is C21H16Cl2N2O. The van der Waals surface area contributed by atoms with E-state index in [4.69, 9.17) is 23.2 Å². The number of carbonyl (C=O) groups excluding carboxylic acids is 1. The molecule has 0 saturated carbocycles. The lowest BCUT2D eigenvalue weighted by Gasteiger charge is -2.28. The Morgan fingerprint density at radius 2 is 1.65 bits per heavy atom. The van der Waals surface area contributed by atoms with E-state index in [1.165, 1.54) is 0 Å². The fourth-order valence-electron chi connectivity index (χ4n) is 3.30. The molecule has 4 rings (SSSR count). The lowest BCUT2D eigenvalue weighted by atomic mass is 10.1. The number of rotatable bonds is 3. The third-order valence-electron chi connectivity index (χ3n) is 4.58. The second-order valence-corrected chi connectivity index (χ2v) is 6.98. The smallest absolute Gasteiger partial charge is 0.260 e. The molecule has 1 aliphatic rings. The minimum atomic E-state index is -0.365. The number of anilines is 2. The van der Waals surface area contributed by atoms with Crippen LogP contribution >= 0.6 is 23.2 Å². The van der Waals surface area contributed by atoms with E-state index >= 15 is 0 Å². The molecule has 1 amide bonds. The number of fused-ring (bicyclic) bond motifs is 1. The Morgan fingerprint density at radius 3 is 2.46 bits per heavy atom. The van der Waals surface area contributed by atoms with Crippen molar-refractivity contribution >= 4 is 40.5 Å². The van der Waals surface area contributed by atoms with Crippen molar-refractivity contribution in [1.82, 2.24) is 0 Å². The zero-order chi connectivity index (χ0) is 18.3. The number of aryl methyl sites for hydroxylation is 1. The second kappa shape index (κ2) is 6.67. The lowest BCUT2D eigenvalue weighted by Crippen LogP contribution is -2.32. The Balaban J connectivity index is 1.84. The van der Waals surface area contributed by atoms with Crippen LogP contribution in [0.15, 0.2) is 66.7 Å². The summed E-state index contributed by atoms with van der Waals surface area (Å²) in [6.45, 7) is 2.00. The molecule has 0 spiro atoms. The molecule has 0 unspecified atom stereocenters. The Morgan fingerprint density at radius 1 is 0.923 bits per heavy atom. The predicted molar refractivity (Wildman–Crippen MR) is 107 cm³/mol. The molecule has 3 aromatic rings. The lowest BCUT2D eigenvalue weighted by molar-refractivity contribution is 0.0993. The van der Waals surface area contributed by atoms with Gasteiger partial charge in [-0.3, -0.25) is 9.69 Å². The highest BCUT2D eigenvalue weighted by Crippen LogP contribution is 2.41. The minimum Gasteiger partial charge on any atom is -0.360 e. The van der Waals surface area contributed by atoms with Crippen LogP contribution in [0.1, 0.15) is 27.7 Å². The van der Waals surface area contributed by atoms with Crippen LogP contribution in [0, 0.1) is 6.92 Å². The van der Waals surface area contributed by atoms with Gasteiger partial charge in [-0.25, -0.2) is 0 Å². The molecule has 0 radical (unpaired) electrons. The first-order valence-electron chi connectivity index (χ1n) is 8.26. The summed E-state index contributed by atoms with van der Waals surface area (Å²) < 4.78 is 0. The first-order valence-corrected chi connectivity index (χ1v) is 9.02. The first-order chi connectivity index (χ1) is 12.6. The van der Waals surface area contributed by atoms with Gasteiger partial charge in [-0.2, -0.15) is 0 Å². The maximum absolute atomic E-state index is 13.1. The molecule has 26 heavy (non-hydrogen) atoms. The van der Waals surface area contributed by atoms with Gasteiger partial charge >= 0.3 is 0 Å². The maximum atomic E-state index is 13.1. The second-order valence-electron chi connectivity index (χ2n) is 6.20. The zero-order valence-corrected chi connectivity index (χ0v) is 15.6. The molecule has 0 aliphatic carbocycles. The maximum Gasteiger partial charge on any atom is 0.260 e. The predicted octanol–water partition coefficient (Wildman–Crippen LogP) is 6.07. The average molecular weight is 383 g/mol. The summed E-state index contributed by atoms with van der Waals surface area (Å²) in [6, 6.07) is 20.9. The van der Waals surface area contributed by atoms with E-state index in [1.54, 1.807) is 11.0 Å². The quantitative estimate of drug-likeness (QED) is 0.595. The SMILES string of the molecule is Cc1ccccc1N1C(=O)c2ccccc2[C@@H]1Nc1cccc(Cl)c1Cl. The largest absolute Gasteiger partial charge is 0.360 e. The molecule has 1 heterocycles. The van der Waals surface area contributed by atoms with Crippen molar-refractivity contribution in [1.29, 1.82) is 0 Å². The van der Waals surface area contributed by atoms with Crippen molar-refractivity contribution in [2.45, 2.75) is 13.1 Å². The highest BCUT2D eigenvalue weighted by Gasteiger charge is 2.38. The topological polar surface area (TPSA) is 32.3 Å². The Bertz CT molecular complexity index is 1000. The molecule has 1 atom stereocenters. The summed E-state index contributed by atoms with van der Waals surface area (Å²) in [5.41, 5.74) is 4.18. The summed E-state index contributed by atoms with van der Waals surface area (Å²) in [7, 11) is 0. The summed E-state index contributed by atoms with van der Waals surface area (Å²) in [5.74, 6) is -0.0365. The summed E-state index contributed by atoms with van der Waals surface area (Å²) >= 11 is 12.5. The molecule has 130 valence electrons. The van der Waals surface area contributed by atoms with Crippen LogP contribution in [0.2, 0.25) is 10.0 Å². The molecule has 0 bridgehead atoms. The van der Waals surface area contributed by atoms with Gasteiger partial charge in [0.2, 0.25) is 0 Å². The molecule has 3 nitrogen and oxygen atoms in total. The fourth-order valence-corrected chi connectivity index (χ4v) is 3.66. The molecule has 5 heteroatoms. The van der Waals surface area contributed by atoms with Crippen LogP contribution in [0.4, 0.5) is 11.4 Å².